The minimum absolute atomic E-state index is 0.176. The van der Waals surface area contributed by atoms with E-state index in [1.807, 2.05) is 0 Å². The molecule has 0 radical (unpaired) electrons. The highest BCUT2D eigenvalue weighted by atomic mass is 16.2. The lowest BCUT2D eigenvalue weighted by Crippen LogP contribution is -2.54. The summed E-state index contributed by atoms with van der Waals surface area (Å²) >= 11 is 0. The molecule has 2 N–H and O–H groups in total. The van der Waals surface area contributed by atoms with Crippen LogP contribution in [0.5, 0.6) is 0 Å². The fourth-order valence-corrected chi connectivity index (χ4v) is 2.24. The zero-order valence-electron chi connectivity index (χ0n) is 11.7. The van der Waals surface area contributed by atoms with Crippen LogP contribution in [0, 0.1) is 0 Å². The molecule has 1 rings (SSSR count). The second-order valence-electron chi connectivity index (χ2n) is 5.30. The number of carbonyl (C=O) groups excluding carboxylic acids is 1. The summed E-state index contributed by atoms with van der Waals surface area (Å²) in [5.74, 6) is 0.176. The van der Waals surface area contributed by atoms with E-state index < -0.39 is 0 Å². The molecule has 0 bridgehead atoms. The number of hydrogen-bond donors (Lipinski definition) is 2. The van der Waals surface area contributed by atoms with Crippen LogP contribution in [0.25, 0.3) is 0 Å². The van der Waals surface area contributed by atoms with Crippen LogP contribution in [-0.2, 0) is 4.79 Å². The van der Waals surface area contributed by atoms with Crippen LogP contribution in [0.3, 0.4) is 0 Å². The van der Waals surface area contributed by atoms with Gasteiger partial charge in [-0.2, -0.15) is 0 Å². The number of hydrogen-bond acceptors (Lipinski definition) is 3. The molecule has 0 aromatic heterocycles. The molecule has 0 saturated carbocycles. The Balaban J connectivity index is 2.34. The molecular formula is C13H27N3O. The summed E-state index contributed by atoms with van der Waals surface area (Å²) in [6.45, 7) is 9.01. The first-order valence-electron chi connectivity index (χ1n) is 6.75. The van der Waals surface area contributed by atoms with Crippen molar-refractivity contribution in [2.45, 2.75) is 51.6 Å². The average molecular weight is 241 g/mol. The molecule has 0 aromatic rings. The summed E-state index contributed by atoms with van der Waals surface area (Å²) < 4.78 is 0. The van der Waals surface area contributed by atoms with E-state index in [9.17, 15) is 4.79 Å². The number of rotatable bonds is 6. The van der Waals surface area contributed by atoms with Gasteiger partial charge in [0.05, 0.1) is 5.54 Å². The van der Waals surface area contributed by atoms with Crippen LogP contribution >= 0.6 is 0 Å². The molecule has 100 valence electrons. The summed E-state index contributed by atoms with van der Waals surface area (Å²) in [5.41, 5.74) is -0.295. The maximum atomic E-state index is 12.2. The Morgan fingerprint density at radius 1 is 1.53 bits per heavy atom. The van der Waals surface area contributed by atoms with Crippen molar-refractivity contribution in [2.75, 3.05) is 26.7 Å². The molecule has 1 amide bonds. The minimum Gasteiger partial charge on any atom is -0.353 e. The van der Waals surface area contributed by atoms with Gasteiger partial charge in [-0.3, -0.25) is 4.79 Å². The zero-order chi connectivity index (χ0) is 12.9. The fraction of sp³-hybridized carbons (Fsp3) is 0.923. The van der Waals surface area contributed by atoms with Crippen LogP contribution in [0.2, 0.25) is 0 Å². The first kappa shape index (κ1) is 14.5. The Morgan fingerprint density at radius 3 is 2.71 bits per heavy atom. The number of amides is 1. The third-order valence-electron chi connectivity index (χ3n) is 3.91. The summed E-state index contributed by atoms with van der Waals surface area (Å²) in [4.78, 5) is 14.4. The Bertz CT molecular complexity index is 247. The first-order chi connectivity index (χ1) is 8.02. The summed E-state index contributed by atoms with van der Waals surface area (Å²) in [6.07, 6.45) is 2.95. The predicted octanol–water partition coefficient (Wildman–Crippen LogP) is 0.975. The molecule has 1 atom stereocenters. The van der Waals surface area contributed by atoms with Crippen molar-refractivity contribution in [3.63, 3.8) is 0 Å². The first-order valence-corrected chi connectivity index (χ1v) is 6.75. The van der Waals surface area contributed by atoms with Crippen LogP contribution in [0.15, 0.2) is 0 Å². The standard InChI is InChI=1S/C13H27N3O/c1-5-13(7-6-8-15-13)12(17)14-9-10-16(4)11(2)3/h11,15H,5-10H2,1-4H3,(H,14,17). The number of carbonyl (C=O) groups is 1. The van der Waals surface area contributed by atoms with Gasteiger partial charge in [0, 0.05) is 19.1 Å². The van der Waals surface area contributed by atoms with E-state index in [4.69, 9.17) is 0 Å². The van der Waals surface area contributed by atoms with Crippen LogP contribution in [0.4, 0.5) is 0 Å². The van der Waals surface area contributed by atoms with Gasteiger partial charge in [0.2, 0.25) is 5.91 Å². The van der Waals surface area contributed by atoms with E-state index in [0.717, 1.165) is 38.9 Å². The molecule has 1 aliphatic heterocycles. The van der Waals surface area contributed by atoms with Gasteiger partial charge in [0.25, 0.3) is 0 Å². The third-order valence-corrected chi connectivity index (χ3v) is 3.91. The number of nitrogens with one attached hydrogen (secondary N) is 2. The monoisotopic (exact) mass is 241 g/mol. The minimum atomic E-state index is -0.295. The Labute approximate surface area is 105 Å². The normalized spacial score (nSPS) is 24.6. The number of nitrogens with zero attached hydrogens (tertiary/aromatic N) is 1. The van der Waals surface area contributed by atoms with Gasteiger partial charge in [-0.25, -0.2) is 0 Å². The molecule has 1 saturated heterocycles. The van der Waals surface area contributed by atoms with E-state index >= 15 is 0 Å². The van der Waals surface area contributed by atoms with Crippen molar-refractivity contribution in [2.24, 2.45) is 0 Å². The molecule has 0 spiro atoms. The third kappa shape index (κ3) is 3.68. The Kier molecular flexibility index (Phi) is 5.40. The van der Waals surface area contributed by atoms with Crippen molar-refractivity contribution < 1.29 is 4.79 Å². The van der Waals surface area contributed by atoms with Gasteiger partial charge < -0.3 is 15.5 Å². The van der Waals surface area contributed by atoms with Gasteiger partial charge in [-0.15, -0.1) is 0 Å². The van der Waals surface area contributed by atoms with Crippen molar-refractivity contribution in [1.82, 2.24) is 15.5 Å². The lowest BCUT2D eigenvalue weighted by Gasteiger charge is -2.28. The summed E-state index contributed by atoms with van der Waals surface area (Å²) in [7, 11) is 2.08. The Hall–Kier alpha value is -0.610. The second-order valence-corrected chi connectivity index (χ2v) is 5.30. The highest BCUT2D eigenvalue weighted by molar-refractivity contribution is 5.86. The van der Waals surface area contributed by atoms with Gasteiger partial charge in [-0.1, -0.05) is 6.92 Å². The lowest BCUT2D eigenvalue weighted by molar-refractivity contribution is -0.127. The van der Waals surface area contributed by atoms with E-state index in [1.165, 1.54) is 0 Å². The fourth-order valence-electron chi connectivity index (χ4n) is 2.24. The van der Waals surface area contributed by atoms with E-state index in [1.54, 1.807) is 0 Å². The van der Waals surface area contributed by atoms with Crippen molar-refractivity contribution in [3.05, 3.63) is 0 Å². The van der Waals surface area contributed by atoms with Crippen molar-refractivity contribution in [1.29, 1.82) is 0 Å². The number of likely N-dealkylation sites (N-methyl/N-ethyl adjacent to an activating group) is 1. The molecular weight excluding hydrogens is 214 g/mol. The molecule has 4 nitrogen and oxygen atoms in total. The zero-order valence-corrected chi connectivity index (χ0v) is 11.7. The molecule has 0 aromatic carbocycles. The van der Waals surface area contributed by atoms with Gasteiger partial charge in [0.1, 0.15) is 0 Å². The molecule has 1 heterocycles. The summed E-state index contributed by atoms with van der Waals surface area (Å²) in [6, 6.07) is 0.525. The molecule has 0 aliphatic carbocycles. The average Bonchev–Trinajstić information content (AvgIpc) is 2.78. The van der Waals surface area contributed by atoms with Crippen molar-refractivity contribution >= 4 is 5.91 Å². The molecule has 1 unspecified atom stereocenters. The van der Waals surface area contributed by atoms with Gasteiger partial charge in [-0.05, 0) is 46.7 Å². The maximum absolute atomic E-state index is 12.2. The topological polar surface area (TPSA) is 44.4 Å². The highest BCUT2D eigenvalue weighted by Gasteiger charge is 2.38. The molecule has 1 fully saturated rings. The van der Waals surface area contributed by atoms with E-state index in [2.05, 4.69) is 43.4 Å². The van der Waals surface area contributed by atoms with Crippen LogP contribution in [-0.4, -0.2) is 49.1 Å². The summed E-state index contributed by atoms with van der Waals surface area (Å²) in [5, 5.41) is 6.41. The van der Waals surface area contributed by atoms with Crippen LogP contribution < -0.4 is 10.6 Å². The Morgan fingerprint density at radius 2 is 2.24 bits per heavy atom. The van der Waals surface area contributed by atoms with Gasteiger partial charge in [0.15, 0.2) is 0 Å². The lowest BCUT2D eigenvalue weighted by atomic mass is 9.93. The smallest absolute Gasteiger partial charge is 0.240 e. The molecule has 1 aliphatic rings. The predicted molar refractivity (Wildman–Crippen MR) is 71.0 cm³/mol. The molecule has 17 heavy (non-hydrogen) atoms. The van der Waals surface area contributed by atoms with Crippen molar-refractivity contribution in [3.8, 4) is 0 Å². The highest BCUT2D eigenvalue weighted by Crippen LogP contribution is 2.22. The molecule has 4 heteroatoms. The quantitative estimate of drug-likeness (QED) is 0.728. The van der Waals surface area contributed by atoms with E-state index in [0.29, 0.717) is 6.04 Å². The van der Waals surface area contributed by atoms with E-state index in [-0.39, 0.29) is 11.4 Å². The van der Waals surface area contributed by atoms with Crippen LogP contribution in [0.1, 0.15) is 40.0 Å². The SMILES string of the molecule is CCC1(C(=O)NCCN(C)C(C)C)CCCN1. The largest absolute Gasteiger partial charge is 0.353 e. The van der Waals surface area contributed by atoms with Gasteiger partial charge >= 0.3 is 0 Å². The maximum Gasteiger partial charge on any atom is 0.240 e. The second kappa shape index (κ2) is 6.36.